The Kier molecular flexibility index (Phi) is 6.06. The van der Waals surface area contributed by atoms with Gasteiger partial charge < -0.3 is 20.1 Å². The summed E-state index contributed by atoms with van der Waals surface area (Å²) in [6.07, 6.45) is 1.25. The highest BCUT2D eigenvalue weighted by atomic mass is 16.5. The Balaban J connectivity index is 1.82. The van der Waals surface area contributed by atoms with Crippen LogP contribution in [0.4, 0.5) is 0 Å². The van der Waals surface area contributed by atoms with Crippen LogP contribution in [0.1, 0.15) is 18.9 Å². The molecule has 0 amide bonds. The molecular weight excluding hydrogens is 282 g/mol. The second-order valence-electron chi connectivity index (χ2n) is 5.02. The minimum atomic E-state index is -0.238. The number of carbonyl (C=O) groups is 1. The van der Waals surface area contributed by atoms with Crippen LogP contribution >= 0.6 is 0 Å². The van der Waals surface area contributed by atoms with Gasteiger partial charge in [-0.25, -0.2) is 4.99 Å². The third-order valence-corrected chi connectivity index (χ3v) is 3.36. The summed E-state index contributed by atoms with van der Waals surface area (Å²) in [6, 6.07) is 8.06. The van der Waals surface area contributed by atoms with Gasteiger partial charge in [-0.2, -0.15) is 0 Å². The van der Waals surface area contributed by atoms with E-state index in [1.54, 1.807) is 0 Å². The molecule has 1 aromatic rings. The van der Waals surface area contributed by atoms with Crippen molar-refractivity contribution in [3.05, 3.63) is 29.8 Å². The minimum absolute atomic E-state index is 0.0634. The molecule has 0 saturated carbocycles. The van der Waals surface area contributed by atoms with E-state index < -0.39 is 0 Å². The highest BCUT2D eigenvalue weighted by molar-refractivity contribution is 5.80. The minimum Gasteiger partial charge on any atom is -0.488 e. The smallest absolute Gasteiger partial charge is 0.307 e. The van der Waals surface area contributed by atoms with E-state index >= 15 is 0 Å². The third-order valence-electron chi connectivity index (χ3n) is 3.36. The van der Waals surface area contributed by atoms with Crippen LogP contribution in [-0.4, -0.2) is 44.8 Å². The van der Waals surface area contributed by atoms with Gasteiger partial charge in [-0.1, -0.05) is 18.2 Å². The highest BCUT2D eigenvalue weighted by Crippen LogP contribution is 2.28. The van der Waals surface area contributed by atoms with Crippen LogP contribution in [0, 0.1) is 0 Å². The normalized spacial score (nSPS) is 16.6. The molecule has 1 aromatic carbocycles. The Morgan fingerprint density at radius 3 is 2.95 bits per heavy atom. The number of ether oxygens (including phenoxy) is 2. The Morgan fingerprint density at radius 2 is 2.23 bits per heavy atom. The van der Waals surface area contributed by atoms with Crippen LogP contribution < -0.4 is 15.4 Å². The maximum absolute atomic E-state index is 11.1. The van der Waals surface area contributed by atoms with E-state index in [-0.39, 0.29) is 12.1 Å². The van der Waals surface area contributed by atoms with Gasteiger partial charge in [0, 0.05) is 19.5 Å². The van der Waals surface area contributed by atoms with E-state index in [4.69, 9.17) is 4.74 Å². The number of nitrogens with zero attached hydrogens (tertiary/aromatic N) is 1. The summed E-state index contributed by atoms with van der Waals surface area (Å²) in [5.41, 5.74) is 1.23. The topological polar surface area (TPSA) is 72.0 Å². The largest absolute Gasteiger partial charge is 0.488 e. The Hall–Kier alpha value is -2.24. The summed E-state index contributed by atoms with van der Waals surface area (Å²) < 4.78 is 10.5. The summed E-state index contributed by atoms with van der Waals surface area (Å²) in [5, 5.41) is 6.26. The molecule has 0 aromatic heterocycles. The first kappa shape index (κ1) is 16.1. The number of benzene rings is 1. The van der Waals surface area contributed by atoms with Gasteiger partial charge in [-0.15, -0.1) is 0 Å². The lowest BCUT2D eigenvalue weighted by Crippen LogP contribution is -2.39. The number of rotatable bonds is 6. The molecule has 1 unspecified atom stereocenters. The summed E-state index contributed by atoms with van der Waals surface area (Å²) in [7, 11) is 1.39. The van der Waals surface area contributed by atoms with Crippen LogP contribution in [0.15, 0.2) is 29.3 Å². The molecule has 6 heteroatoms. The zero-order chi connectivity index (χ0) is 15.8. The molecule has 120 valence electrons. The van der Waals surface area contributed by atoms with E-state index in [0.717, 1.165) is 18.7 Å². The molecule has 0 bridgehead atoms. The lowest BCUT2D eigenvalue weighted by Gasteiger charge is -2.12. The number of hydrogen-bond acceptors (Lipinski definition) is 4. The maximum atomic E-state index is 11.1. The lowest BCUT2D eigenvalue weighted by molar-refractivity contribution is -0.140. The molecule has 2 rings (SSSR count). The molecule has 1 atom stereocenters. The second kappa shape index (κ2) is 8.26. The first-order chi connectivity index (χ1) is 10.7. The van der Waals surface area contributed by atoms with Crippen molar-refractivity contribution in [1.82, 2.24) is 10.6 Å². The average Bonchev–Trinajstić information content (AvgIpc) is 2.95. The number of hydrogen-bond donors (Lipinski definition) is 2. The SMILES string of the molecule is CCNC(=NCC1Cc2ccccc2O1)NCCC(=O)OC. The van der Waals surface area contributed by atoms with Crippen LogP contribution in [0.3, 0.4) is 0 Å². The fourth-order valence-electron chi connectivity index (χ4n) is 2.28. The molecule has 0 spiro atoms. The molecule has 1 heterocycles. The standard InChI is InChI=1S/C16H23N3O3/c1-3-17-16(18-9-8-15(20)21-2)19-11-13-10-12-6-4-5-7-14(12)22-13/h4-7,13H,3,8-11H2,1-2H3,(H2,17,18,19). The first-order valence-corrected chi connectivity index (χ1v) is 7.56. The maximum Gasteiger partial charge on any atom is 0.307 e. The van der Waals surface area contributed by atoms with Gasteiger partial charge in [0.15, 0.2) is 5.96 Å². The number of carbonyl (C=O) groups excluding carboxylic acids is 1. The number of esters is 1. The average molecular weight is 305 g/mol. The second-order valence-corrected chi connectivity index (χ2v) is 5.02. The molecule has 1 aliphatic rings. The van der Waals surface area contributed by atoms with E-state index in [1.807, 2.05) is 25.1 Å². The Morgan fingerprint density at radius 1 is 1.41 bits per heavy atom. The van der Waals surface area contributed by atoms with Gasteiger partial charge in [0.05, 0.1) is 20.1 Å². The predicted octanol–water partition coefficient (Wildman–Crippen LogP) is 1.11. The van der Waals surface area contributed by atoms with Crippen molar-refractivity contribution in [2.75, 3.05) is 26.7 Å². The van der Waals surface area contributed by atoms with Crippen molar-refractivity contribution >= 4 is 11.9 Å². The molecular formula is C16H23N3O3. The monoisotopic (exact) mass is 305 g/mol. The zero-order valence-electron chi connectivity index (χ0n) is 13.1. The molecule has 0 saturated heterocycles. The van der Waals surface area contributed by atoms with E-state index in [2.05, 4.69) is 26.4 Å². The van der Waals surface area contributed by atoms with Gasteiger partial charge in [0.2, 0.25) is 0 Å². The van der Waals surface area contributed by atoms with Crippen LogP contribution in [0.2, 0.25) is 0 Å². The Bertz CT molecular complexity index is 506. The number of guanidine groups is 1. The van der Waals surface area contributed by atoms with Crippen molar-refractivity contribution in [3.8, 4) is 5.75 Å². The quantitative estimate of drug-likeness (QED) is 0.468. The molecule has 0 radical (unpaired) electrons. The van der Waals surface area contributed by atoms with Crippen LogP contribution in [-0.2, 0) is 16.0 Å². The van der Waals surface area contributed by atoms with Gasteiger partial charge in [0.1, 0.15) is 11.9 Å². The molecule has 1 aliphatic heterocycles. The molecule has 0 aliphatic carbocycles. The van der Waals surface area contributed by atoms with Gasteiger partial charge in [-0.05, 0) is 18.6 Å². The predicted molar refractivity (Wildman–Crippen MR) is 85.2 cm³/mol. The van der Waals surface area contributed by atoms with Crippen LogP contribution in [0.5, 0.6) is 5.75 Å². The number of nitrogens with one attached hydrogen (secondary N) is 2. The first-order valence-electron chi connectivity index (χ1n) is 7.56. The van der Waals surface area contributed by atoms with Crippen molar-refractivity contribution in [1.29, 1.82) is 0 Å². The van der Waals surface area contributed by atoms with Crippen molar-refractivity contribution in [2.24, 2.45) is 4.99 Å². The summed E-state index contributed by atoms with van der Waals surface area (Å²) >= 11 is 0. The molecule has 2 N–H and O–H groups in total. The van der Waals surface area contributed by atoms with Crippen molar-refractivity contribution < 1.29 is 14.3 Å². The number of para-hydroxylation sites is 1. The number of aliphatic imine (C=N–C) groups is 1. The number of fused-ring (bicyclic) bond motifs is 1. The van der Waals surface area contributed by atoms with E-state index in [9.17, 15) is 4.79 Å². The van der Waals surface area contributed by atoms with Gasteiger partial charge in [0.25, 0.3) is 0 Å². The lowest BCUT2D eigenvalue weighted by atomic mass is 10.1. The third kappa shape index (κ3) is 4.65. The fraction of sp³-hybridized carbons (Fsp3) is 0.500. The highest BCUT2D eigenvalue weighted by Gasteiger charge is 2.21. The zero-order valence-corrected chi connectivity index (χ0v) is 13.1. The summed E-state index contributed by atoms with van der Waals surface area (Å²) in [5.74, 6) is 1.40. The Labute approximate surface area is 130 Å². The fourth-order valence-corrected chi connectivity index (χ4v) is 2.28. The van der Waals surface area contributed by atoms with Crippen molar-refractivity contribution in [2.45, 2.75) is 25.9 Å². The van der Waals surface area contributed by atoms with E-state index in [0.29, 0.717) is 25.5 Å². The summed E-state index contributed by atoms with van der Waals surface area (Å²) in [4.78, 5) is 15.6. The summed E-state index contributed by atoms with van der Waals surface area (Å²) in [6.45, 7) is 3.82. The van der Waals surface area contributed by atoms with Gasteiger partial charge in [-0.3, -0.25) is 4.79 Å². The number of methoxy groups -OCH3 is 1. The molecule has 22 heavy (non-hydrogen) atoms. The van der Waals surface area contributed by atoms with Gasteiger partial charge >= 0.3 is 5.97 Å². The molecule has 0 fully saturated rings. The van der Waals surface area contributed by atoms with E-state index in [1.165, 1.54) is 12.7 Å². The van der Waals surface area contributed by atoms with Crippen molar-refractivity contribution in [3.63, 3.8) is 0 Å². The molecule has 6 nitrogen and oxygen atoms in total. The van der Waals surface area contributed by atoms with Crippen LogP contribution in [0.25, 0.3) is 0 Å².